The van der Waals surface area contributed by atoms with E-state index in [0.717, 1.165) is 11.1 Å². The van der Waals surface area contributed by atoms with Gasteiger partial charge in [0.15, 0.2) is 0 Å². The lowest BCUT2D eigenvalue weighted by Gasteiger charge is -2.14. The molecule has 9 heteroatoms. The van der Waals surface area contributed by atoms with Crippen LogP contribution in [0.5, 0.6) is 0 Å². The molecule has 0 fully saturated rings. The third-order valence-electron chi connectivity index (χ3n) is 6.30. The van der Waals surface area contributed by atoms with E-state index in [0.29, 0.717) is 60.3 Å². The molecule has 38 heavy (non-hydrogen) atoms. The van der Waals surface area contributed by atoms with Crippen molar-refractivity contribution in [2.75, 3.05) is 0 Å². The first-order valence-corrected chi connectivity index (χ1v) is 12.3. The Balaban J connectivity index is 1.50. The lowest BCUT2D eigenvalue weighted by Crippen LogP contribution is -2.24. The molecule has 0 aliphatic heterocycles. The minimum atomic E-state index is -0.393. The number of benzene rings is 3. The number of halogens is 2. The number of ketones is 1. The molecule has 0 amide bonds. The summed E-state index contributed by atoms with van der Waals surface area (Å²) in [6, 6.07) is 17.2. The van der Waals surface area contributed by atoms with Crippen molar-refractivity contribution in [3.05, 3.63) is 106 Å². The summed E-state index contributed by atoms with van der Waals surface area (Å²) in [6.45, 7) is 1.99. The maximum Gasteiger partial charge on any atom is 0.265 e. The van der Waals surface area contributed by atoms with Gasteiger partial charge in [-0.3, -0.25) is 9.36 Å². The summed E-state index contributed by atoms with van der Waals surface area (Å²) in [6.07, 6.45) is 4.09. The SMILES string of the molecule is CC(=O)CCCCc1nc2cc(-c3cn(Cc4ccc(F)cc4)nn3)ccc2c(=O)n1-c1ccc(F)cc1. The Morgan fingerprint density at radius 3 is 2.34 bits per heavy atom. The van der Waals surface area contributed by atoms with Crippen LogP contribution in [0.1, 0.15) is 37.6 Å². The molecular weight excluding hydrogens is 488 g/mol. The van der Waals surface area contributed by atoms with E-state index in [2.05, 4.69) is 10.3 Å². The van der Waals surface area contributed by atoms with Gasteiger partial charge >= 0.3 is 0 Å². The molecule has 2 heterocycles. The van der Waals surface area contributed by atoms with Crippen LogP contribution >= 0.6 is 0 Å². The summed E-state index contributed by atoms with van der Waals surface area (Å²) in [7, 11) is 0. The molecule has 5 aromatic rings. The lowest BCUT2D eigenvalue weighted by atomic mass is 10.1. The largest absolute Gasteiger partial charge is 0.300 e. The minimum absolute atomic E-state index is 0.115. The number of aromatic nitrogens is 5. The van der Waals surface area contributed by atoms with Crippen molar-refractivity contribution >= 4 is 16.7 Å². The normalized spacial score (nSPS) is 11.2. The molecule has 5 rings (SSSR count). The summed E-state index contributed by atoms with van der Waals surface area (Å²) in [5.41, 5.74) is 3.03. The molecule has 0 unspecified atom stereocenters. The zero-order chi connectivity index (χ0) is 26.6. The van der Waals surface area contributed by atoms with Gasteiger partial charge in [-0.1, -0.05) is 23.4 Å². The Morgan fingerprint density at radius 1 is 0.921 bits per heavy atom. The Labute approximate surface area is 217 Å². The second-order valence-corrected chi connectivity index (χ2v) is 9.21. The van der Waals surface area contributed by atoms with E-state index in [4.69, 9.17) is 4.98 Å². The van der Waals surface area contributed by atoms with Crippen molar-refractivity contribution in [2.45, 2.75) is 39.2 Å². The summed E-state index contributed by atoms with van der Waals surface area (Å²) >= 11 is 0. The number of carbonyl (C=O) groups is 1. The standard InChI is InChI=1S/C29H25F2N5O2/c1-19(37)4-2-3-5-28-32-26-16-21(27-18-35(34-33-27)17-20-6-9-22(30)10-7-20)8-15-25(26)29(38)36(28)24-13-11-23(31)12-14-24/h6-16,18H,2-5,17H2,1H3. The number of aryl methyl sites for hydroxylation is 1. The number of hydrogen-bond acceptors (Lipinski definition) is 5. The molecule has 0 N–H and O–H groups in total. The highest BCUT2D eigenvalue weighted by molar-refractivity contribution is 5.83. The predicted octanol–water partition coefficient (Wildman–Crippen LogP) is 5.27. The van der Waals surface area contributed by atoms with Gasteiger partial charge in [0.05, 0.1) is 29.3 Å². The van der Waals surface area contributed by atoms with Gasteiger partial charge in [0.2, 0.25) is 0 Å². The lowest BCUT2D eigenvalue weighted by molar-refractivity contribution is -0.117. The average Bonchev–Trinajstić information content (AvgIpc) is 3.37. The summed E-state index contributed by atoms with van der Waals surface area (Å²) in [5.74, 6) is -0.0386. The molecule has 2 aromatic heterocycles. The quantitative estimate of drug-likeness (QED) is 0.251. The van der Waals surface area contributed by atoms with E-state index >= 15 is 0 Å². The van der Waals surface area contributed by atoms with Crippen LogP contribution in [0.4, 0.5) is 8.78 Å². The molecule has 0 saturated heterocycles. The van der Waals surface area contributed by atoms with Crippen molar-refractivity contribution in [1.82, 2.24) is 24.5 Å². The van der Waals surface area contributed by atoms with E-state index in [9.17, 15) is 18.4 Å². The molecule has 0 saturated carbocycles. The molecule has 0 spiro atoms. The fourth-order valence-electron chi connectivity index (χ4n) is 4.36. The smallest absolute Gasteiger partial charge is 0.265 e. The molecule has 7 nitrogen and oxygen atoms in total. The first-order valence-electron chi connectivity index (χ1n) is 12.3. The predicted molar refractivity (Wildman–Crippen MR) is 140 cm³/mol. The zero-order valence-corrected chi connectivity index (χ0v) is 20.8. The maximum absolute atomic E-state index is 13.6. The van der Waals surface area contributed by atoms with Crippen LogP contribution in [0.3, 0.4) is 0 Å². The van der Waals surface area contributed by atoms with Gasteiger partial charge in [0.1, 0.15) is 28.9 Å². The van der Waals surface area contributed by atoms with Crippen LogP contribution < -0.4 is 5.56 Å². The Bertz CT molecular complexity index is 1660. The number of fused-ring (bicyclic) bond motifs is 1. The first-order chi connectivity index (χ1) is 18.4. The molecule has 0 atom stereocenters. The highest BCUT2D eigenvalue weighted by Gasteiger charge is 2.15. The summed E-state index contributed by atoms with van der Waals surface area (Å²) in [5, 5.41) is 8.86. The zero-order valence-electron chi connectivity index (χ0n) is 20.8. The Morgan fingerprint density at radius 2 is 1.63 bits per heavy atom. The monoisotopic (exact) mass is 513 g/mol. The van der Waals surface area contributed by atoms with E-state index < -0.39 is 5.82 Å². The van der Waals surface area contributed by atoms with Crippen LogP contribution in [-0.4, -0.2) is 30.3 Å². The van der Waals surface area contributed by atoms with Crippen LogP contribution in [0.2, 0.25) is 0 Å². The molecule has 192 valence electrons. The van der Waals surface area contributed by atoms with Gasteiger partial charge in [0, 0.05) is 18.4 Å². The third-order valence-corrected chi connectivity index (χ3v) is 6.30. The number of Topliss-reactive ketones (excluding diaryl/α,β-unsaturated/α-hetero) is 1. The van der Waals surface area contributed by atoms with Crippen LogP contribution in [0, 0.1) is 11.6 Å². The van der Waals surface area contributed by atoms with E-state index in [1.54, 1.807) is 60.3 Å². The fourth-order valence-corrected chi connectivity index (χ4v) is 4.36. The van der Waals surface area contributed by atoms with Crippen molar-refractivity contribution in [3.63, 3.8) is 0 Å². The van der Waals surface area contributed by atoms with Gasteiger partial charge in [0.25, 0.3) is 5.56 Å². The second-order valence-electron chi connectivity index (χ2n) is 9.21. The average molecular weight is 514 g/mol. The van der Waals surface area contributed by atoms with Crippen molar-refractivity contribution in [1.29, 1.82) is 0 Å². The third kappa shape index (κ3) is 5.56. The first kappa shape index (κ1) is 25.1. The number of rotatable bonds is 9. The maximum atomic E-state index is 13.6. The fraction of sp³-hybridized carbons (Fsp3) is 0.207. The van der Waals surface area contributed by atoms with Gasteiger partial charge < -0.3 is 4.79 Å². The number of nitrogens with zero attached hydrogens (tertiary/aromatic N) is 5. The van der Waals surface area contributed by atoms with Gasteiger partial charge in [-0.25, -0.2) is 18.4 Å². The Hall–Kier alpha value is -4.53. The molecule has 0 aliphatic carbocycles. The molecule has 0 bridgehead atoms. The van der Waals surface area contributed by atoms with E-state index in [1.165, 1.54) is 28.8 Å². The van der Waals surface area contributed by atoms with Crippen LogP contribution in [-0.2, 0) is 17.8 Å². The van der Waals surface area contributed by atoms with E-state index in [-0.39, 0.29) is 17.2 Å². The molecule has 0 radical (unpaired) electrons. The van der Waals surface area contributed by atoms with Crippen molar-refractivity contribution in [3.8, 4) is 16.9 Å². The minimum Gasteiger partial charge on any atom is -0.300 e. The summed E-state index contributed by atoms with van der Waals surface area (Å²) in [4.78, 5) is 29.7. The topological polar surface area (TPSA) is 82.7 Å². The van der Waals surface area contributed by atoms with Gasteiger partial charge in [-0.05, 0) is 73.9 Å². The number of carbonyl (C=O) groups excluding carboxylic acids is 1. The van der Waals surface area contributed by atoms with Crippen molar-refractivity contribution < 1.29 is 13.6 Å². The highest BCUT2D eigenvalue weighted by atomic mass is 19.1. The molecular formula is C29H25F2N5O2. The van der Waals surface area contributed by atoms with Crippen LogP contribution in [0.15, 0.2) is 77.7 Å². The van der Waals surface area contributed by atoms with Crippen molar-refractivity contribution in [2.24, 2.45) is 0 Å². The molecule has 3 aromatic carbocycles. The van der Waals surface area contributed by atoms with Gasteiger partial charge in [-0.2, -0.15) is 0 Å². The number of hydrogen-bond donors (Lipinski definition) is 0. The van der Waals surface area contributed by atoms with Gasteiger partial charge in [-0.15, -0.1) is 5.10 Å². The molecule has 0 aliphatic rings. The highest BCUT2D eigenvalue weighted by Crippen LogP contribution is 2.22. The Kier molecular flexibility index (Phi) is 7.17. The van der Waals surface area contributed by atoms with E-state index in [1.807, 2.05) is 0 Å². The second kappa shape index (κ2) is 10.8. The number of unbranched alkanes of at least 4 members (excludes halogenated alkanes) is 1. The summed E-state index contributed by atoms with van der Waals surface area (Å²) < 4.78 is 29.9. The van der Waals surface area contributed by atoms with Crippen LogP contribution in [0.25, 0.3) is 27.8 Å².